The van der Waals surface area contributed by atoms with Crippen molar-refractivity contribution in [1.82, 2.24) is 19.9 Å². The van der Waals surface area contributed by atoms with Gasteiger partial charge in [0.15, 0.2) is 10.9 Å². The van der Waals surface area contributed by atoms with E-state index < -0.39 is 17.9 Å². The quantitative estimate of drug-likeness (QED) is 0.674. The third-order valence-corrected chi connectivity index (χ3v) is 3.94. The zero-order valence-corrected chi connectivity index (χ0v) is 13.9. The molecule has 0 aliphatic carbocycles. The van der Waals surface area contributed by atoms with E-state index in [1.807, 2.05) is 0 Å². The summed E-state index contributed by atoms with van der Waals surface area (Å²) in [5.41, 5.74) is 6.03. The van der Waals surface area contributed by atoms with Gasteiger partial charge in [-0.05, 0) is 12.1 Å². The monoisotopic (exact) mass is 387 g/mol. The van der Waals surface area contributed by atoms with Gasteiger partial charge in [0, 0.05) is 10.6 Å². The lowest BCUT2D eigenvalue weighted by Gasteiger charge is -2.06. The number of hydrogen-bond donors (Lipinski definition) is 1. The van der Waals surface area contributed by atoms with Crippen LogP contribution in [0.4, 0.5) is 19.1 Å². The number of halogens is 4. The second-order valence-electron chi connectivity index (χ2n) is 4.71. The molecule has 25 heavy (non-hydrogen) atoms. The standard InChI is InChI=1S/C14H9ClF3N5OS/c15-8-3-1-2-7(4-8)9-5-20-10(24-9)6-25-13-22-11(14(16,17)18)21-12(19)23-13/h1-5H,6H2,(H2,19,21,22,23). The van der Waals surface area contributed by atoms with Gasteiger partial charge < -0.3 is 10.2 Å². The Morgan fingerprint density at radius 3 is 2.72 bits per heavy atom. The molecule has 1 aromatic carbocycles. The molecule has 2 N–H and O–H groups in total. The summed E-state index contributed by atoms with van der Waals surface area (Å²) in [5.74, 6) is -0.926. The first-order chi connectivity index (χ1) is 11.8. The van der Waals surface area contributed by atoms with Crippen LogP contribution in [0.2, 0.25) is 5.02 Å². The van der Waals surface area contributed by atoms with Crippen molar-refractivity contribution < 1.29 is 17.6 Å². The number of rotatable bonds is 4. The smallest absolute Gasteiger partial charge is 0.440 e. The molecule has 0 spiro atoms. The summed E-state index contributed by atoms with van der Waals surface area (Å²) in [6.07, 6.45) is -3.19. The highest BCUT2D eigenvalue weighted by atomic mass is 35.5. The Morgan fingerprint density at radius 2 is 2.00 bits per heavy atom. The third-order valence-electron chi connectivity index (χ3n) is 2.87. The molecule has 0 bridgehead atoms. The molecule has 6 nitrogen and oxygen atoms in total. The van der Waals surface area contributed by atoms with Gasteiger partial charge in [-0.2, -0.15) is 28.1 Å². The van der Waals surface area contributed by atoms with E-state index in [1.165, 1.54) is 6.20 Å². The highest BCUT2D eigenvalue weighted by Gasteiger charge is 2.35. The summed E-state index contributed by atoms with van der Waals surface area (Å²) in [6.45, 7) is 0. The Bertz CT molecular complexity index is 902. The minimum atomic E-state index is -4.70. The molecule has 0 saturated heterocycles. The van der Waals surface area contributed by atoms with Gasteiger partial charge in [0.2, 0.25) is 17.7 Å². The predicted octanol–water partition coefficient (Wildman–Crippen LogP) is 4.07. The highest BCUT2D eigenvalue weighted by molar-refractivity contribution is 7.98. The number of benzene rings is 1. The molecule has 0 saturated carbocycles. The molecule has 0 fully saturated rings. The van der Waals surface area contributed by atoms with Crippen LogP contribution >= 0.6 is 23.4 Å². The number of hydrogen-bond acceptors (Lipinski definition) is 7. The van der Waals surface area contributed by atoms with Gasteiger partial charge in [-0.3, -0.25) is 0 Å². The highest BCUT2D eigenvalue weighted by Crippen LogP contribution is 2.29. The van der Waals surface area contributed by atoms with Crippen molar-refractivity contribution in [3.8, 4) is 11.3 Å². The van der Waals surface area contributed by atoms with Crippen LogP contribution in [0.25, 0.3) is 11.3 Å². The minimum absolute atomic E-state index is 0.126. The fraction of sp³-hybridized carbons (Fsp3) is 0.143. The topological polar surface area (TPSA) is 90.7 Å². The van der Waals surface area contributed by atoms with E-state index >= 15 is 0 Å². The molecule has 0 aliphatic rings. The Labute approximate surface area is 148 Å². The number of nitrogens with zero attached hydrogens (tertiary/aromatic N) is 4. The Morgan fingerprint density at radius 1 is 1.20 bits per heavy atom. The van der Waals surface area contributed by atoms with Gasteiger partial charge in [0.1, 0.15) is 0 Å². The number of nitrogen functional groups attached to an aromatic ring is 1. The van der Waals surface area contributed by atoms with Crippen LogP contribution < -0.4 is 5.73 Å². The summed E-state index contributed by atoms with van der Waals surface area (Å²) in [6, 6.07) is 7.00. The average Bonchev–Trinajstić information content (AvgIpc) is 3.01. The molecule has 3 rings (SSSR count). The second kappa shape index (κ2) is 6.89. The maximum Gasteiger partial charge on any atom is 0.451 e. The van der Waals surface area contributed by atoms with Crippen molar-refractivity contribution in [2.24, 2.45) is 0 Å². The van der Waals surface area contributed by atoms with Crippen LogP contribution in [0.1, 0.15) is 11.7 Å². The summed E-state index contributed by atoms with van der Waals surface area (Å²) < 4.78 is 43.6. The number of thioether (sulfide) groups is 1. The fourth-order valence-electron chi connectivity index (χ4n) is 1.84. The first-order valence-electron chi connectivity index (χ1n) is 6.73. The first kappa shape index (κ1) is 17.5. The maximum atomic E-state index is 12.7. The van der Waals surface area contributed by atoms with Crippen molar-refractivity contribution in [2.45, 2.75) is 17.1 Å². The predicted molar refractivity (Wildman–Crippen MR) is 85.8 cm³/mol. The van der Waals surface area contributed by atoms with Gasteiger partial charge in [0.25, 0.3) is 0 Å². The summed E-state index contributed by atoms with van der Waals surface area (Å²) in [7, 11) is 0. The molecule has 130 valence electrons. The fourth-order valence-corrected chi connectivity index (χ4v) is 2.73. The van der Waals surface area contributed by atoms with Gasteiger partial charge in [-0.25, -0.2) is 4.98 Å². The molecule has 0 aliphatic heterocycles. The number of nitrogens with two attached hydrogens (primary N) is 1. The number of oxazole rings is 1. The average molecular weight is 388 g/mol. The largest absolute Gasteiger partial charge is 0.451 e. The lowest BCUT2D eigenvalue weighted by molar-refractivity contribution is -0.145. The van der Waals surface area contributed by atoms with Crippen LogP contribution in [0.15, 0.2) is 40.0 Å². The first-order valence-corrected chi connectivity index (χ1v) is 8.10. The normalized spacial score (nSPS) is 11.7. The third kappa shape index (κ3) is 4.40. The molecule has 2 aromatic heterocycles. The van der Waals surface area contributed by atoms with E-state index in [0.717, 1.165) is 17.3 Å². The molecule has 0 unspecified atom stereocenters. The molecule has 3 aromatic rings. The van der Waals surface area contributed by atoms with Crippen molar-refractivity contribution in [3.63, 3.8) is 0 Å². The van der Waals surface area contributed by atoms with Gasteiger partial charge in [0.05, 0.1) is 11.9 Å². The molecule has 11 heteroatoms. The second-order valence-corrected chi connectivity index (χ2v) is 6.09. The van der Waals surface area contributed by atoms with Crippen LogP contribution in [0.5, 0.6) is 0 Å². The summed E-state index contributed by atoms with van der Waals surface area (Å²) in [4.78, 5) is 14.2. The number of anilines is 1. The molecule has 2 heterocycles. The van der Waals surface area contributed by atoms with Gasteiger partial charge in [-0.1, -0.05) is 35.5 Å². The maximum absolute atomic E-state index is 12.7. The number of alkyl halides is 3. The number of aromatic nitrogens is 4. The molecular weight excluding hydrogens is 379 g/mol. The van der Waals surface area contributed by atoms with Crippen LogP contribution in [-0.4, -0.2) is 19.9 Å². The zero-order valence-electron chi connectivity index (χ0n) is 12.3. The van der Waals surface area contributed by atoms with E-state index in [2.05, 4.69) is 19.9 Å². The van der Waals surface area contributed by atoms with E-state index in [-0.39, 0.29) is 10.9 Å². The van der Waals surface area contributed by atoms with Crippen LogP contribution in [0, 0.1) is 0 Å². The van der Waals surface area contributed by atoms with E-state index in [1.54, 1.807) is 24.3 Å². The molecule has 0 radical (unpaired) electrons. The van der Waals surface area contributed by atoms with Gasteiger partial charge >= 0.3 is 6.18 Å². The zero-order chi connectivity index (χ0) is 18.0. The lowest BCUT2D eigenvalue weighted by atomic mass is 10.2. The Balaban J connectivity index is 1.74. The summed E-state index contributed by atoms with van der Waals surface area (Å²) in [5, 5.41) is 0.382. The Kier molecular flexibility index (Phi) is 4.82. The van der Waals surface area contributed by atoms with Gasteiger partial charge in [-0.15, -0.1) is 0 Å². The van der Waals surface area contributed by atoms with E-state index in [0.29, 0.717) is 16.7 Å². The summed E-state index contributed by atoms with van der Waals surface area (Å²) >= 11 is 6.82. The molecular formula is C14H9ClF3N5OS. The van der Waals surface area contributed by atoms with Crippen LogP contribution in [-0.2, 0) is 11.9 Å². The van der Waals surface area contributed by atoms with E-state index in [9.17, 15) is 13.2 Å². The lowest BCUT2D eigenvalue weighted by Crippen LogP contribution is -2.14. The van der Waals surface area contributed by atoms with Crippen molar-refractivity contribution in [2.75, 3.05) is 5.73 Å². The molecule has 0 amide bonds. The van der Waals surface area contributed by atoms with Crippen molar-refractivity contribution in [1.29, 1.82) is 0 Å². The Hall–Kier alpha value is -2.33. The van der Waals surface area contributed by atoms with Crippen molar-refractivity contribution >= 4 is 29.3 Å². The van der Waals surface area contributed by atoms with E-state index in [4.69, 9.17) is 21.8 Å². The minimum Gasteiger partial charge on any atom is -0.440 e. The van der Waals surface area contributed by atoms with Crippen molar-refractivity contribution in [3.05, 3.63) is 47.2 Å². The SMILES string of the molecule is Nc1nc(SCc2ncc(-c3cccc(Cl)c3)o2)nc(C(F)(F)F)n1. The van der Waals surface area contributed by atoms with Crippen LogP contribution in [0.3, 0.4) is 0 Å². The molecule has 0 atom stereocenters.